The summed E-state index contributed by atoms with van der Waals surface area (Å²) in [6.45, 7) is 0. The van der Waals surface area contributed by atoms with E-state index >= 15 is 0 Å². The highest BCUT2D eigenvalue weighted by molar-refractivity contribution is 7.91. The zero-order valence-electron chi connectivity index (χ0n) is 9.87. The van der Waals surface area contributed by atoms with Gasteiger partial charge in [-0.25, -0.2) is 8.42 Å². The Balaban J connectivity index is 1.82. The van der Waals surface area contributed by atoms with E-state index in [1.807, 2.05) is 6.07 Å². The third kappa shape index (κ3) is 2.45. The summed E-state index contributed by atoms with van der Waals surface area (Å²) in [4.78, 5) is 12.0. The van der Waals surface area contributed by atoms with Gasteiger partial charge in [-0.3, -0.25) is 4.79 Å². The number of anilines is 1. The van der Waals surface area contributed by atoms with Crippen molar-refractivity contribution < 1.29 is 13.2 Å². The maximum Gasteiger partial charge on any atom is 0.228 e. The number of carbonyl (C=O) groups excluding carboxylic acids is 1. The summed E-state index contributed by atoms with van der Waals surface area (Å²) in [6.07, 6.45) is 0.388. The first kappa shape index (κ1) is 12.5. The molecule has 0 bridgehead atoms. The second-order valence-electron chi connectivity index (χ2n) is 4.53. The molecule has 8 heteroatoms. The molecule has 1 amide bonds. The number of hydrogen-bond donors (Lipinski definition) is 1. The van der Waals surface area contributed by atoms with Crippen LogP contribution in [-0.4, -0.2) is 34.6 Å². The predicted molar refractivity (Wildman–Crippen MR) is 72.8 cm³/mol. The van der Waals surface area contributed by atoms with Gasteiger partial charge in [0.05, 0.1) is 34.8 Å². The molecule has 0 radical (unpaired) electrons. The number of rotatable bonds is 2. The molecule has 1 aromatic carbocycles. The molecule has 1 atom stereocenters. The molecule has 2 heterocycles. The molecule has 0 aliphatic carbocycles. The Kier molecular flexibility index (Phi) is 2.98. The Morgan fingerprint density at radius 3 is 2.95 bits per heavy atom. The highest BCUT2D eigenvalue weighted by Crippen LogP contribution is 2.24. The quantitative estimate of drug-likeness (QED) is 0.895. The normalized spacial score (nSPS) is 21.6. The van der Waals surface area contributed by atoms with Crippen molar-refractivity contribution in [3.63, 3.8) is 0 Å². The summed E-state index contributed by atoms with van der Waals surface area (Å²) in [5, 5.41) is 2.75. The molecule has 2 aromatic rings. The van der Waals surface area contributed by atoms with Crippen molar-refractivity contribution in [2.75, 3.05) is 16.8 Å². The number of carbonyl (C=O) groups is 1. The molecule has 1 N–H and O–H groups in total. The summed E-state index contributed by atoms with van der Waals surface area (Å²) >= 11 is 1.08. The molecule has 1 fully saturated rings. The van der Waals surface area contributed by atoms with Gasteiger partial charge >= 0.3 is 0 Å². The molecule has 1 aromatic heterocycles. The Labute approximate surface area is 114 Å². The Morgan fingerprint density at radius 1 is 1.37 bits per heavy atom. The van der Waals surface area contributed by atoms with E-state index in [1.165, 1.54) is 0 Å². The molecule has 0 spiro atoms. The fraction of sp³-hybridized carbons (Fsp3) is 0.364. The number of fused-ring (bicyclic) bond motifs is 1. The monoisotopic (exact) mass is 297 g/mol. The average Bonchev–Trinajstić information content (AvgIpc) is 2.95. The van der Waals surface area contributed by atoms with Gasteiger partial charge in [-0.05, 0) is 18.6 Å². The molecule has 3 rings (SSSR count). The molecule has 1 aliphatic rings. The van der Waals surface area contributed by atoms with Crippen molar-refractivity contribution >= 4 is 44.2 Å². The van der Waals surface area contributed by atoms with E-state index in [4.69, 9.17) is 0 Å². The third-order valence-corrected chi connectivity index (χ3v) is 5.46. The lowest BCUT2D eigenvalue weighted by Gasteiger charge is -2.09. The number of benzene rings is 1. The van der Waals surface area contributed by atoms with Crippen molar-refractivity contribution in [1.82, 2.24) is 8.75 Å². The van der Waals surface area contributed by atoms with Crippen molar-refractivity contribution in [2.24, 2.45) is 5.92 Å². The molecule has 19 heavy (non-hydrogen) atoms. The smallest absolute Gasteiger partial charge is 0.228 e. The van der Waals surface area contributed by atoms with Crippen molar-refractivity contribution in [3.05, 3.63) is 18.2 Å². The van der Waals surface area contributed by atoms with E-state index in [0.29, 0.717) is 17.6 Å². The first-order valence-electron chi connectivity index (χ1n) is 5.78. The zero-order chi connectivity index (χ0) is 13.5. The van der Waals surface area contributed by atoms with E-state index in [2.05, 4.69) is 14.1 Å². The molecule has 1 unspecified atom stereocenters. The molecule has 100 valence electrons. The van der Waals surface area contributed by atoms with E-state index in [1.54, 1.807) is 12.1 Å². The zero-order valence-corrected chi connectivity index (χ0v) is 11.5. The Bertz CT molecular complexity index is 738. The Hall–Kier alpha value is -1.54. The van der Waals surface area contributed by atoms with Crippen LogP contribution in [-0.2, 0) is 14.6 Å². The first-order valence-corrected chi connectivity index (χ1v) is 8.33. The maximum absolute atomic E-state index is 12.0. The second-order valence-corrected chi connectivity index (χ2v) is 7.28. The lowest BCUT2D eigenvalue weighted by atomic mass is 10.1. The van der Waals surface area contributed by atoms with Gasteiger partial charge < -0.3 is 5.32 Å². The number of aromatic nitrogens is 2. The third-order valence-electron chi connectivity index (χ3n) is 3.15. The van der Waals surface area contributed by atoms with Crippen LogP contribution in [0.3, 0.4) is 0 Å². The standard InChI is InChI=1S/C11H11N3O3S2/c15-11(7-4-5-19(16,17)6-7)12-8-2-1-3-9-10(8)14-18-13-9/h1-3,7H,4-6H2,(H,12,15). The fourth-order valence-electron chi connectivity index (χ4n) is 2.14. The van der Waals surface area contributed by atoms with Crippen LogP contribution in [0, 0.1) is 5.92 Å². The first-order chi connectivity index (χ1) is 9.05. The number of nitrogens with one attached hydrogen (secondary N) is 1. The van der Waals surface area contributed by atoms with Gasteiger partial charge in [0.25, 0.3) is 0 Å². The van der Waals surface area contributed by atoms with Gasteiger partial charge in [-0.15, -0.1) is 0 Å². The van der Waals surface area contributed by atoms with Crippen LogP contribution in [0.2, 0.25) is 0 Å². The summed E-state index contributed by atoms with van der Waals surface area (Å²) in [5.74, 6) is -0.703. The average molecular weight is 297 g/mol. The Morgan fingerprint density at radius 2 is 2.21 bits per heavy atom. The minimum absolute atomic E-state index is 0.0654. The van der Waals surface area contributed by atoms with Crippen LogP contribution in [0.4, 0.5) is 5.69 Å². The SMILES string of the molecule is O=C(Nc1cccc2nsnc12)C1CCS(=O)(=O)C1. The van der Waals surface area contributed by atoms with Gasteiger partial charge in [-0.1, -0.05) is 6.07 Å². The lowest BCUT2D eigenvalue weighted by Crippen LogP contribution is -2.23. The predicted octanol–water partition coefficient (Wildman–Crippen LogP) is 1.06. The summed E-state index contributed by atoms with van der Waals surface area (Å²) in [5.41, 5.74) is 1.95. The molecule has 6 nitrogen and oxygen atoms in total. The van der Waals surface area contributed by atoms with E-state index < -0.39 is 15.8 Å². The molecule has 0 saturated carbocycles. The molecular formula is C11H11N3O3S2. The molecular weight excluding hydrogens is 286 g/mol. The minimum Gasteiger partial charge on any atom is -0.324 e. The van der Waals surface area contributed by atoms with E-state index in [9.17, 15) is 13.2 Å². The van der Waals surface area contributed by atoms with E-state index in [-0.39, 0.29) is 17.4 Å². The van der Waals surface area contributed by atoms with Crippen molar-refractivity contribution in [2.45, 2.75) is 6.42 Å². The second kappa shape index (κ2) is 4.53. The summed E-state index contributed by atoms with van der Waals surface area (Å²) in [6, 6.07) is 5.34. The van der Waals surface area contributed by atoms with Gasteiger partial charge in [0.15, 0.2) is 9.84 Å². The minimum atomic E-state index is -3.05. The van der Waals surface area contributed by atoms with Gasteiger partial charge in [-0.2, -0.15) is 8.75 Å². The summed E-state index contributed by atoms with van der Waals surface area (Å²) < 4.78 is 31.0. The topological polar surface area (TPSA) is 89.0 Å². The highest BCUT2D eigenvalue weighted by atomic mass is 32.2. The van der Waals surface area contributed by atoms with Crippen LogP contribution >= 0.6 is 11.7 Å². The van der Waals surface area contributed by atoms with Crippen molar-refractivity contribution in [1.29, 1.82) is 0 Å². The molecule has 1 saturated heterocycles. The van der Waals surface area contributed by atoms with Crippen LogP contribution in [0.1, 0.15) is 6.42 Å². The number of hydrogen-bond acceptors (Lipinski definition) is 6. The lowest BCUT2D eigenvalue weighted by molar-refractivity contribution is -0.119. The molecule has 1 aliphatic heterocycles. The summed E-state index contributed by atoms with van der Waals surface area (Å²) in [7, 11) is -3.05. The van der Waals surface area contributed by atoms with E-state index in [0.717, 1.165) is 17.2 Å². The van der Waals surface area contributed by atoms with Crippen LogP contribution in [0.15, 0.2) is 18.2 Å². The number of amides is 1. The highest BCUT2D eigenvalue weighted by Gasteiger charge is 2.33. The van der Waals surface area contributed by atoms with Crippen LogP contribution in [0.5, 0.6) is 0 Å². The number of sulfone groups is 1. The fourth-order valence-corrected chi connectivity index (χ4v) is 4.43. The largest absolute Gasteiger partial charge is 0.324 e. The van der Waals surface area contributed by atoms with Crippen LogP contribution in [0.25, 0.3) is 11.0 Å². The number of nitrogens with zero attached hydrogens (tertiary/aromatic N) is 2. The van der Waals surface area contributed by atoms with Crippen LogP contribution < -0.4 is 5.32 Å². The maximum atomic E-state index is 12.0. The van der Waals surface area contributed by atoms with Crippen molar-refractivity contribution in [3.8, 4) is 0 Å². The van der Waals surface area contributed by atoms with Gasteiger partial charge in [0, 0.05) is 0 Å². The van der Waals surface area contributed by atoms with Gasteiger partial charge in [0.2, 0.25) is 5.91 Å². The van der Waals surface area contributed by atoms with Gasteiger partial charge in [0.1, 0.15) is 11.0 Å².